The zero-order chi connectivity index (χ0) is 15.0. The van der Waals surface area contributed by atoms with Crippen LogP contribution in [-0.4, -0.2) is 24.2 Å². The molecule has 3 N–H and O–H groups in total. The molecule has 0 radical (unpaired) electrons. The lowest BCUT2D eigenvalue weighted by molar-refractivity contribution is -0.153. The molecule has 1 aliphatic carbocycles. The molecule has 2 rings (SSSR count). The van der Waals surface area contributed by atoms with Crippen molar-refractivity contribution in [1.82, 2.24) is 0 Å². The van der Waals surface area contributed by atoms with E-state index in [0.717, 1.165) is 0 Å². The van der Waals surface area contributed by atoms with E-state index in [1.165, 1.54) is 12.1 Å². The fraction of sp³-hybridized carbons (Fsp3) is 0.462. The summed E-state index contributed by atoms with van der Waals surface area (Å²) >= 11 is 0. The Morgan fingerprint density at radius 2 is 2.10 bits per heavy atom. The van der Waals surface area contributed by atoms with Crippen LogP contribution in [0.5, 0.6) is 5.75 Å². The highest BCUT2D eigenvalue weighted by molar-refractivity contribution is 6.00. The van der Waals surface area contributed by atoms with E-state index in [9.17, 15) is 18.0 Å². The van der Waals surface area contributed by atoms with Crippen molar-refractivity contribution in [3.8, 4) is 5.75 Å². The maximum Gasteiger partial charge on any atom is 0.422 e. The standard InChI is InChI=1S/C13H15F3N2O2/c1-8-6-9(18-11(19)12(17)4-5-12)2-3-10(8)20-7-13(14,15)16/h2-3,6H,4-5,7,17H2,1H3,(H,18,19). The van der Waals surface area contributed by atoms with Gasteiger partial charge in [-0.3, -0.25) is 4.79 Å². The van der Waals surface area contributed by atoms with Crippen LogP contribution in [0.25, 0.3) is 0 Å². The first-order chi connectivity index (χ1) is 9.20. The summed E-state index contributed by atoms with van der Waals surface area (Å²) in [6.45, 7) is 0.266. The monoisotopic (exact) mass is 288 g/mol. The minimum atomic E-state index is -4.38. The van der Waals surface area contributed by atoms with Crippen molar-refractivity contribution in [3.05, 3.63) is 23.8 Å². The second-order valence-corrected chi connectivity index (χ2v) is 4.99. The van der Waals surface area contributed by atoms with E-state index in [-0.39, 0.29) is 11.7 Å². The van der Waals surface area contributed by atoms with E-state index in [1.807, 2.05) is 0 Å². The molecule has 0 heterocycles. The van der Waals surface area contributed by atoms with Crippen molar-refractivity contribution < 1.29 is 22.7 Å². The van der Waals surface area contributed by atoms with Gasteiger partial charge in [-0.25, -0.2) is 0 Å². The maximum absolute atomic E-state index is 12.1. The summed E-state index contributed by atoms with van der Waals surface area (Å²) in [5.74, 6) is -0.143. The van der Waals surface area contributed by atoms with Crippen LogP contribution in [-0.2, 0) is 4.79 Å². The lowest BCUT2D eigenvalue weighted by Crippen LogP contribution is -2.37. The number of ether oxygens (including phenoxy) is 1. The molecule has 1 aromatic rings. The molecule has 1 aliphatic rings. The summed E-state index contributed by atoms with van der Waals surface area (Å²) in [6.07, 6.45) is -3.09. The molecule has 7 heteroatoms. The number of anilines is 1. The number of alkyl halides is 3. The number of carbonyl (C=O) groups is 1. The molecule has 0 unspecified atom stereocenters. The number of nitrogens with one attached hydrogen (secondary N) is 1. The molecule has 1 fully saturated rings. The van der Waals surface area contributed by atoms with Crippen LogP contribution in [0, 0.1) is 6.92 Å². The largest absolute Gasteiger partial charge is 0.484 e. The van der Waals surface area contributed by atoms with Crippen LogP contribution in [0.4, 0.5) is 18.9 Å². The van der Waals surface area contributed by atoms with Crippen molar-refractivity contribution in [3.63, 3.8) is 0 Å². The lowest BCUT2D eigenvalue weighted by Gasteiger charge is -2.14. The molecule has 1 saturated carbocycles. The van der Waals surface area contributed by atoms with Crippen LogP contribution < -0.4 is 15.8 Å². The Labute approximate surface area is 114 Å². The molecule has 0 aromatic heterocycles. The zero-order valence-electron chi connectivity index (χ0n) is 10.9. The SMILES string of the molecule is Cc1cc(NC(=O)C2(N)CC2)ccc1OCC(F)(F)F. The van der Waals surface area contributed by atoms with Crippen molar-refractivity contribution in [1.29, 1.82) is 0 Å². The fourth-order valence-corrected chi connectivity index (χ4v) is 1.67. The van der Waals surface area contributed by atoms with Gasteiger partial charge < -0.3 is 15.8 Å². The van der Waals surface area contributed by atoms with Crippen molar-refractivity contribution >= 4 is 11.6 Å². The number of halogens is 3. The van der Waals surface area contributed by atoms with Gasteiger partial charge in [0.05, 0.1) is 5.54 Å². The van der Waals surface area contributed by atoms with E-state index in [0.29, 0.717) is 24.1 Å². The maximum atomic E-state index is 12.1. The third kappa shape index (κ3) is 3.63. The predicted octanol–water partition coefficient (Wildman–Crippen LogP) is 2.37. The van der Waals surface area contributed by atoms with E-state index in [2.05, 4.69) is 10.1 Å². The van der Waals surface area contributed by atoms with Gasteiger partial charge in [-0.15, -0.1) is 0 Å². The highest BCUT2D eigenvalue weighted by Gasteiger charge is 2.45. The van der Waals surface area contributed by atoms with Gasteiger partial charge in [-0.1, -0.05) is 0 Å². The van der Waals surface area contributed by atoms with E-state index in [1.54, 1.807) is 13.0 Å². The summed E-state index contributed by atoms with van der Waals surface area (Å²) in [5.41, 5.74) is 5.95. The smallest absolute Gasteiger partial charge is 0.422 e. The molecule has 1 aromatic carbocycles. The highest BCUT2D eigenvalue weighted by atomic mass is 19.4. The number of hydrogen-bond donors (Lipinski definition) is 2. The Kier molecular flexibility index (Phi) is 3.64. The van der Waals surface area contributed by atoms with Crippen molar-refractivity contribution in [2.45, 2.75) is 31.5 Å². The summed E-state index contributed by atoms with van der Waals surface area (Å²) in [7, 11) is 0. The first-order valence-corrected chi connectivity index (χ1v) is 6.10. The Morgan fingerprint density at radius 1 is 1.45 bits per heavy atom. The number of benzene rings is 1. The Bertz CT molecular complexity index is 525. The number of rotatable bonds is 4. The van der Waals surface area contributed by atoms with Crippen LogP contribution in [0.2, 0.25) is 0 Å². The van der Waals surface area contributed by atoms with Crippen LogP contribution >= 0.6 is 0 Å². The molecule has 4 nitrogen and oxygen atoms in total. The molecule has 1 amide bonds. The van der Waals surface area contributed by atoms with Gasteiger partial charge in [0.2, 0.25) is 5.91 Å². The van der Waals surface area contributed by atoms with Gasteiger partial charge in [-0.05, 0) is 43.5 Å². The first-order valence-electron chi connectivity index (χ1n) is 6.10. The molecule has 0 aliphatic heterocycles. The molecule has 0 bridgehead atoms. The third-order valence-corrected chi connectivity index (χ3v) is 3.07. The summed E-state index contributed by atoms with van der Waals surface area (Å²) in [4.78, 5) is 11.7. The topological polar surface area (TPSA) is 64.4 Å². The summed E-state index contributed by atoms with van der Waals surface area (Å²) < 4.78 is 40.9. The fourth-order valence-electron chi connectivity index (χ4n) is 1.67. The Morgan fingerprint density at radius 3 is 2.60 bits per heavy atom. The molecule has 0 atom stereocenters. The average molecular weight is 288 g/mol. The van der Waals surface area contributed by atoms with Gasteiger partial charge >= 0.3 is 6.18 Å². The predicted molar refractivity (Wildman–Crippen MR) is 67.5 cm³/mol. The minimum Gasteiger partial charge on any atom is -0.484 e. The minimum absolute atomic E-state index is 0.134. The normalized spacial score (nSPS) is 16.6. The number of nitrogens with two attached hydrogens (primary N) is 1. The molecule has 0 saturated heterocycles. The van der Waals surface area contributed by atoms with E-state index in [4.69, 9.17) is 5.73 Å². The summed E-state index contributed by atoms with van der Waals surface area (Å²) in [5, 5.41) is 2.64. The van der Waals surface area contributed by atoms with Crippen LogP contribution in [0.15, 0.2) is 18.2 Å². The van der Waals surface area contributed by atoms with Gasteiger partial charge in [-0.2, -0.15) is 13.2 Å². The molecular weight excluding hydrogens is 273 g/mol. The molecular formula is C13H15F3N2O2. The van der Waals surface area contributed by atoms with Gasteiger partial charge in [0.15, 0.2) is 6.61 Å². The number of aryl methyl sites for hydroxylation is 1. The van der Waals surface area contributed by atoms with Gasteiger partial charge in [0, 0.05) is 5.69 Å². The number of carbonyl (C=O) groups excluding carboxylic acids is 1. The first kappa shape index (κ1) is 14.6. The molecule has 110 valence electrons. The average Bonchev–Trinajstić information content (AvgIpc) is 3.06. The van der Waals surface area contributed by atoms with Crippen molar-refractivity contribution in [2.75, 3.05) is 11.9 Å². The van der Waals surface area contributed by atoms with E-state index < -0.39 is 18.3 Å². The quantitative estimate of drug-likeness (QED) is 0.894. The Balaban J connectivity index is 2.00. The lowest BCUT2D eigenvalue weighted by atomic mass is 10.2. The molecule has 20 heavy (non-hydrogen) atoms. The molecule has 0 spiro atoms. The van der Waals surface area contributed by atoms with Gasteiger partial charge in [0.25, 0.3) is 0 Å². The zero-order valence-corrected chi connectivity index (χ0v) is 10.9. The number of hydrogen-bond acceptors (Lipinski definition) is 3. The summed E-state index contributed by atoms with van der Waals surface area (Å²) in [6, 6.07) is 4.43. The Hall–Kier alpha value is -1.76. The van der Waals surface area contributed by atoms with Crippen LogP contribution in [0.3, 0.4) is 0 Å². The van der Waals surface area contributed by atoms with Crippen molar-refractivity contribution in [2.24, 2.45) is 5.73 Å². The number of amides is 1. The van der Waals surface area contributed by atoms with Gasteiger partial charge in [0.1, 0.15) is 5.75 Å². The van der Waals surface area contributed by atoms with Crippen LogP contribution in [0.1, 0.15) is 18.4 Å². The second kappa shape index (κ2) is 4.97. The highest BCUT2D eigenvalue weighted by Crippen LogP contribution is 2.33. The van der Waals surface area contributed by atoms with E-state index >= 15 is 0 Å². The third-order valence-electron chi connectivity index (χ3n) is 3.07. The second-order valence-electron chi connectivity index (χ2n) is 4.99.